The number of carbonyl (C=O) groups is 1. The van der Waals surface area contributed by atoms with E-state index in [9.17, 15) is 4.79 Å². The van der Waals surface area contributed by atoms with Crippen molar-refractivity contribution in [2.75, 3.05) is 0 Å². The highest BCUT2D eigenvalue weighted by Crippen LogP contribution is 2.41. The third kappa shape index (κ3) is 8.65. The van der Waals surface area contributed by atoms with Gasteiger partial charge in [-0.3, -0.25) is 4.79 Å². The molecular weight excluding hydrogens is 600 g/mol. The standard InChI is InChI=1S/C42H42O6/c1-30(43)37-25-36(23-24-38(37)45-27-33-17-9-4-10-18-33)40-42(47-29-35-21-13-6-14-22-35)41(46-28-34-19-11-5-12-20-34)39(48-40)31(2)44-26-32-15-7-3-8-16-32/h3-25,31,39-42H,26-29H2,1-2H3/t31?,39-,40+,41-,42-/m0/s1. The molecular formula is C42H42O6. The van der Waals surface area contributed by atoms with Crippen LogP contribution in [0, 0.1) is 0 Å². The summed E-state index contributed by atoms with van der Waals surface area (Å²) in [6.07, 6.45) is -2.24. The minimum atomic E-state index is -0.525. The maximum absolute atomic E-state index is 13.0. The number of ether oxygens (including phenoxy) is 5. The topological polar surface area (TPSA) is 63.2 Å². The van der Waals surface area contributed by atoms with E-state index in [0.717, 1.165) is 27.8 Å². The number of rotatable bonds is 15. The van der Waals surface area contributed by atoms with Gasteiger partial charge in [0, 0.05) is 0 Å². The zero-order chi connectivity index (χ0) is 33.1. The van der Waals surface area contributed by atoms with E-state index in [2.05, 4.69) is 0 Å². The lowest BCUT2D eigenvalue weighted by atomic mass is 9.96. The average molecular weight is 643 g/mol. The van der Waals surface area contributed by atoms with Crippen LogP contribution in [0.5, 0.6) is 5.75 Å². The van der Waals surface area contributed by atoms with Crippen molar-refractivity contribution < 1.29 is 28.5 Å². The summed E-state index contributed by atoms with van der Waals surface area (Å²) in [5, 5.41) is 0. The van der Waals surface area contributed by atoms with Crippen LogP contribution in [0.4, 0.5) is 0 Å². The molecule has 1 aliphatic rings. The first kappa shape index (κ1) is 33.3. The fraction of sp³-hybridized carbons (Fsp3) is 0.262. The van der Waals surface area contributed by atoms with E-state index in [0.29, 0.717) is 37.7 Å². The maximum Gasteiger partial charge on any atom is 0.163 e. The zero-order valence-corrected chi connectivity index (χ0v) is 27.4. The Morgan fingerprint density at radius 2 is 1.10 bits per heavy atom. The van der Waals surface area contributed by atoms with Crippen molar-refractivity contribution in [3.8, 4) is 5.75 Å². The van der Waals surface area contributed by atoms with E-state index >= 15 is 0 Å². The van der Waals surface area contributed by atoms with Gasteiger partial charge in [0.1, 0.15) is 36.8 Å². The summed E-state index contributed by atoms with van der Waals surface area (Å²) in [5.41, 5.74) is 5.51. The molecule has 1 heterocycles. The Kier molecular flexibility index (Phi) is 11.4. The fourth-order valence-electron chi connectivity index (χ4n) is 5.99. The van der Waals surface area contributed by atoms with Gasteiger partial charge in [-0.1, -0.05) is 127 Å². The Balaban J connectivity index is 1.30. The molecule has 6 nitrogen and oxygen atoms in total. The van der Waals surface area contributed by atoms with Crippen LogP contribution in [0.25, 0.3) is 0 Å². The van der Waals surface area contributed by atoms with Gasteiger partial charge in [0.25, 0.3) is 0 Å². The molecule has 0 bridgehead atoms. The van der Waals surface area contributed by atoms with Gasteiger partial charge < -0.3 is 23.7 Å². The monoisotopic (exact) mass is 642 g/mol. The minimum absolute atomic E-state index is 0.0901. The van der Waals surface area contributed by atoms with Crippen LogP contribution >= 0.6 is 0 Å². The third-order valence-electron chi connectivity index (χ3n) is 8.59. The molecule has 0 aliphatic carbocycles. The lowest BCUT2D eigenvalue weighted by Crippen LogP contribution is -2.41. The number of hydrogen-bond acceptors (Lipinski definition) is 6. The van der Waals surface area contributed by atoms with Crippen molar-refractivity contribution in [1.82, 2.24) is 0 Å². The van der Waals surface area contributed by atoms with Crippen molar-refractivity contribution in [2.24, 2.45) is 0 Å². The van der Waals surface area contributed by atoms with E-state index in [-0.39, 0.29) is 11.9 Å². The zero-order valence-electron chi connectivity index (χ0n) is 27.4. The molecule has 5 aromatic carbocycles. The van der Waals surface area contributed by atoms with Gasteiger partial charge in [-0.05, 0) is 53.8 Å². The molecule has 5 aromatic rings. The second kappa shape index (κ2) is 16.5. The molecule has 0 amide bonds. The maximum atomic E-state index is 13.0. The van der Waals surface area contributed by atoms with Crippen LogP contribution in [0.1, 0.15) is 58.1 Å². The Morgan fingerprint density at radius 3 is 1.62 bits per heavy atom. The lowest BCUT2D eigenvalue weighted by molar-refractivity contribution is -0.115. The Morgan fingerprint density at radius 1 is 0.625 bits per heavy atom. The van der Waals surface area contributed by atoms with Gasteiger partial charge in [-0.15, -0.1) is 0 Å². The van der Waals surface area contributed by atoms with Gasteiger partial charge in [-0.25, -0.2) is 0 Å². The highest BCUT2D eigenvalue weighted by atomic mass is 16.6. The number of Topliss-reactive ketones (excluding diaryl/α,β-unsaturated/α-hetero) is 1. The summed E-state index contributed by atoms with van der Waals surface area (Å²) < 4.78 is 32.8. The number of benzene rings is 5. The molecule has 0 spiro atoms. The van der Waals surface area contributed by atoms with Crippen molar-refractivity contribution in [3.63, 3.8) is 0 Å². The number of carbonyl (C=O) groups excluding carboxylic acids is 1. The molecule has 6 rings (SSSR count). The normalized spacial score (nSPS) is 19.5. The summed E-state index contributed by atoms with van der Waals surface area (Å²) in [7, 11) is 0. The van der Waals surface area contributed by atoms with Crippen molar-refractivity contribution >= 4 is 5.78 Å². The first-order valence-electron chi connectivity index (χ1n) is 16.5. The quantitative estimate of drug-likeness (QED) is 0.107. The van der Waals surface area contributed by atoms with Crippen LogP contribution in [0.15, 0.2) is 140 Å². The SMILES string of the molecule is CC(=O)c1cc([C@H]2O[C@@H](C(C)OCc3ccccc3)[C@H](OCc3ccccc3)[C@H]2OCc2ccccc2)ccc1OCc1ccccc1. The molecule has 48 heavy (non-hydrogen) atoms. The average Bonchev–Trinajstić information content (AvgIpc) is 3.51. The van der Waals surface area contributed by atoms with E-state index in [1.54, 1.807) is 6.92 Å². The Hall–Kier alpha value is -4.59. The molecule has 246 valence electrons. The molecule has 0 N–H and O–H groups in total. The van der Waals surface area contributed by atoms with Crippen LogP contribution in [0.3, 0.4) is 0 Å². The molecule has 0 aromatic heterocycles. The van der Waals surface area contributed by atoms with E-state index in [4.69, 9.17) is 23.7 Å². The smallest absolute Gasteiger partial charge is 0.163 e. The molecule has 0 saturated carbocycles. The summed E-state index contributed by atoms with van der Waals surface area (Å²) >= 11 is 0. The van der Waals surface area contributed by atoms with Crippen molar-refractivity contribution in [2.45, 2.75) is 70.8 Å². The van der Waals surface area contributed by atoms with Crippen molar-refractivity contribution in [3.05, 3.63) is 173 Å². The molecule has 5 atom stereocenters. The van der Waals surface area contributed by atoms with Gasteiger partial charge in [0.15, 0.2) is 5.78 Å². The van der Waals surface area contributed by atoms with Gasteiger partial charge in [-0.2, -0.15) is 0 Å². The van der Waals surface area contributed by atoms with Crippen LogP contribution in [0.2, 0.25) is 0 Å². The predicted octanol–water partition coefficient (Wildman–Crippen LogP) is 8.68. The van der Waals surface area contributed by atoms with E-state index < -0.39 is 24.4 Å². The third-order valence-corrected chi connectivity index (χ3v) is 8.59. The van der Waals surface area contributed by atoms with E-state index in [1.165, 1.54) is 0 Å². The Bertz CT molecular complexity index is 1710. The molecule has 6 heteroatoms. The minimum Gasteiger partial charge on any atom is -0.488 e. The van der Waals surface area contributed by atoms with Gasteiger partial charge in [0.2, 0.25) is 0 Å². The molecule has 1 saturated heterocycles. The lowest BCUT2D eigenvalue weighted by Gasteiger charge is -2.28. The Labute approximate surface area is 283 Å². The van der Waals surface area contributed by atoms with Crippen LogP contribution in [-0.2, 0) is 45.4 Å². The van der Waals surface area contributed by atoms with Gasteiger partial charge in [0.05, 0.1) is 31.5 Å². The summed E-state index contributed by atoms with van der Waals surface area (Å²) in [5.74, 6) is 0.440. The molecule has 1 fully saturated rings. The van der Waals surface area contributed by atoms with E-state index in [1.807, 2.05) is 146 Å². The second-order valence-electron chi connectivity index (χ2n) is 12.1. The first-order valence-corrected chi connectivity index (χ1v) is 16.5. The molecule has 1 unspecified atom stereocenters. The summed E-state index contributed by atoms with van der Waals surface area (Å²) in [4.78, 5) is 13.0. The summed E-state index contributed by atoms with van der Waals surface area (Å²) in [6, 6.07) is 45.9. The summed E-state index contributed by atoms with van der Waals surface area (Å²) in [6.45, 7) is 5.14. The number of hydrogen-bond donors (Lipinski definition) is 0. The fourth-order valence-corrected chi connectivity index (χ4v) is 5.99. The van der Waals surface area contributed by atoms with Crippen LogP contribution < -0.4 is 4.74 Å². The second-order valence-corrected chi connectivity index (χ2v) is 12.1. The first-order chi connectivity index (χ1) is 23.5. The highest BCUT2D eigenvalue weighted by Gasteiger charge is 2.49. The van der Waals surface area contributed by atoms with Crippen molar-refractivity contribution in [1.29, 1.82) is 0 Å². The largest absolute Gasteiger partial charge is 0.488 e. The predicted molar refractivity (Wildman–Crippen MR) is 186 cm³/mol. The number of ketones is 1. The van der Waals surface area contributed by atoms with Crippen LogP contribution in [-0.4, -0.2) is 30.2 Å². The molecule has 0 radical (unpaired) electrons. The van der Waals surface area contributed by atoms with Gasteiger partial charge >= 0.3 is 0 Å². The molecule has 1 aliphatic heterocycles. The highest BCUT2D eigenvalue weighted by molar-refractivity contribution is 5.97.